The fourth-order valence-electron chi connectivity index (χ4n) is 2.79. The normalized spacial score (nSPS) is 11.6. The topological polar surface area (TPSA) is 45.9 Å². The Labute approximate surface area is 180 Å². The van der Waals surface area contributed by atoms with E-state index in [4.69, 9.17) is 4.74 Å². The number of aromatic nitrogens is 1. The van der Waals surface area contributed by atoms with E-state index in [1.54, 1.807) is 24.3 Å². The van der Waals surface area contributed by atoms with Crippen LogP contribution in [0.25, 0.3) is 11.3 Å². The molecule has 0 aliphatic rings. The zero-order valence-electron chi connectivity index (χ0n) is 17.8. The molecule has 162 valence electrons. The molecule has 0 unspecified atom stereocenters. The molecule has 0 amide bonds. The van der Waals surface area contributed by atoms with Gasteiger partial charge in [0.05, 0.1) is 23.4 Å². The fraction of sp³-hybridized carbons (Fsp3) is 0.478. The summed E-state index contributed by atoms with van der Waals surface area (Å²) < 4.78 is 46.7. The molecule has 1 heterocycles. The van der Waals surface area contributed by atoms with Crippen LogP contribution in [0, 0.1) is 24.2 Å². The molecule has 0 aliphatic heterocycles. The first kappa shape index (κ1) is 24.1. The Morgan fingerprint density at radius 3 is 2.53 bits per heavy atom. The van der Waals surface area contributed by atoms with Gasteiger partial charge in [-0.15, -0.1) is 11.8 Å². The molecule has 0 atom stereocenters. The summed E-state index contributed by atoms with van der Waals surface area (Å²) in [4.78, 5) is 4.42. The summed E-state index contributed by atoms with van der Waals surface area (Å²) in [6.07, 6.45) is -1.95. The zero-order valence-corrected chi connectivity index (χ0v) is 18.6. The summed E-state index contributed by atoms with van der Waals surface area (Å²) in [5.41, 5.74) is 0.256. The maximum atomic E-state index is 13.6. The molecule has 3 nitrogen and oxygen atoms in total. The third kappa shape index (κ3) is 6.40. The minimum atomic E-state index is -4.63. The van der Waals surface area contributed by atoms with Crippen molar-refractivity contribution in [1.82, 2.24) is 4.98 Å². The first-order valence-electron chi connectivity index (χ1n) is 10.1. The van der Waals surface area contributed by atoms with E-state index in [2.05, 4.69) is 18.8 Å². The molecule has 0 spiro atoms. The molecular formula is C23H27F3N2OS. The van der Waals surface area contributed by atoms with Crippen molar-refractivity contribution in [2.75, 3.05) is 12.4 Å². The van der Waals surface area contributed by atoms with E-state index in [-0.39, 0.29) is 10.7 Å². The Morgan fingerprint density at radius 2 is 1.97 bits per heavy atom. The van der Waals surface area contributed by atoms with Gasteiger partial charge in [0.2, 0.25) is 0 Å². The number of hydrogen-bond donors (Lipinski definition) is 0. The van der Waals surface area contributed by atoms with E-state index in [0.29, 0.717) is 29.6 Å². The monoisotopic (exact) mass is 436 g/mol. The summed E-state index contributed by atoms with van der Waals surface area (Å²) in [6, 6.07) is 7.93. The Balaban J connectivity index is 2.44. The molecule has 30 heavy (non-hydrogen) atoms. The van der Waals surface area contributed by atoms with Crippen LogP contribution in [0.1, 0.15) is 56.7 Å². The summed E-state index contributed by atoms with van der Waals surface area (Å²) >= 11 is 1.20. The zero-order chi connectivity index (χ0) is 22.3. The quantitative estimate of drug-likeness (QED) is 0.306. The molecule has 2 rings (SSSR count). The maximum absolute atomic E-state index is 13.6. The number of alkyl halides is 3. The molecule has 0 saturated heterocycles. The summed E-state index contributed by atoms with van der Waals surface area (Å²) in [5, 5.41) is 9.49. The van der Waals surface area contributed by atoms with Crippen LogP contribution < -0.4 is 4.74 Å². The molecular weight excluding hydrogens is 409 g/mol. The van der Waals surface area contributed by atoms with E-state index in [1.165, 1.54) is 11.8 Å². The maximum Gasteiger partial charge on any atom is 0.417 e. The second-order valence-electron chi connectivity index (χ2n) is 7.56. The number of unbranched alkanes of at least 4 members (excludes halogenated alkanes) is 1. The van der Waals surface area contributed by atoms with Crippen molar-refractivity contribution in [3.63, 3.8) is 0 Å². The smallest absolute Gasteiger partial charge is 0.417 e. The Bertz CT molecular complexity index is 905. The van der Waals surface area contributed by atoms with Crippen molar-refractivity contribution in [1.29, 1.82) is 5.26 Å². The fourth-order valence-corrected chi connectivity index (χ4v) is 3.88. The second kappa shape index (κ2) is 10.7. The Morgan fingerprint density at radius 1 is 1.23 bits per heavy atom. The number of benzene rings is 1. The lowest BCUT2D eigenvalue weighted by Crippen LogP contribution is -2.10. The van der Waals surface area contributed by atoms with Gasteiger partial charge in [0.25, 0.3) is 0 Å². The number of halogens is 3. The van der Waals surface area contributed by atoms with Gasteiger partial charge in [-0.25, -0.2) is 4.98 Å². The van der Waals surface area contributed by atoms with Crippen LogP contribution in [0.4, 0.5) is 13.2 Å². The number of nitriles is 1. The first-order valence-corrected chi connectivity index (χ1v) is 11.0. The first-order chi connectivity index (χ1) is 14.2. The largest absolute Gasteiger partial charge is 0.493 e. The van der Waals surface area contributed by atoms with E-state index < -0.39 is 17.3 Å². The van der Waals surface area contributed by atoms with E-state index in [1.807, 2.05) is 13.8 Å². The van der Waals surface area contributed by atoms with Crippen molar-refractivity contribution in [3.05, 3.63) is 41.0 Å². The summed E-state index contributed by atoms with van der Waals surface area (Å²) in [7, 11) is 0. The van der Waals surface area contributed by atoms with Gasteiger partial charge in [-0.3, -0.25) is 0 Å². The highest BCUT2D eigenvalue weighted by molar-refractivity contribution is 7.99. The molecule has 1 aromatic carbocycles. The van der Waals surface area contributed by atoms with Crippen LogP contribution in [-0.2, 0) is 6.18 Å². The van der Waals surface area contributed by atoms with E-state index in [9.17, 15) is 18.4 Å². The number of rotatable bonds is 9. The third-order valence-electron chi connectivity index (χ3n) is 4.56. The van der Waals surface area contributed by atoms with E-state index in [0.717, 1.165) is 30.9 Å². The highest BCUT2D eigenvalue weighted by atomic mass is 32.2. The number of thioether (sulfide) groups is 1. The van der Waals surface area contributed by atoms with Gasteiger partial charge in [0.1, 0.15) is 16.8 Å². The molecule has 0 radical (unpaired) electrons. The molecule has 0 saturated carbocycles. The predicted octanol–water partition coefficient (Wildman–Crippen LogP) is 7.26. The average molecular weight is 437 g/mol. The van der Waals surface area contributed by atoms with Crippen molar-refractivity contribution in [3.8, 4) is 23.1 Å². The average Bonchev–Trinajstić information content (AvgIpc) is 2.67. The standard InChI is InChI=1S/C23H27F3N2OS/c1-5-6-11-30-22-18(14-27)19(23(24,25)26)13-20(28-22)17-7-8-21(16(4)12-17)29-10-9-15(2)3/h7-8,12-13,15H,5-6,9-11H2,1-4H3. The third-order valence-corrected chi connectivity index (χ3v) is 5.63. The highest BCUT2D eigenvalue weighted by Gasteiger charge is 2.36. The molecule has 0 fully saturated rings. The van der Waals surface area contributed by atoms with Crippen LogP contribution in [0.15, 0.2) is 29.3 Å². The number of ether oxygens (including phenoxy) is 1. The van der Waals surface area contributed by atoms with Crippen molar-refractivity contribution >= 4 is 11.8 Å². The van der Waals surface area contributed by atoms with Gasteiger partial charge < -0.3 is 4.74 Å². The molecule has 7 heteroatoms. The lowest BCUT2D eigenvalue weighted by atomic mass is 10.0. The van der Waals surface area contributed by atoms with Gasteiger partial charge in [-0.1, -0.05) is 27.2 Å². The number of pyridine rings is 1. The number of hydrogen-bond acceptors (Lipinski definition) is 4. The van der Waals surface area contributed by atoms with Gasteiger partial charge in [0, 0.05) is 5.56 Å². The number of aryl methyl sites for hydroxylation is 1. The Hall–Kier alpha value is -2.20. The van der Waals surface area contributed by atoms with Gasteiger partial charge in [-0.2, -0.15) is 18.4 Å². The van der Waals surface area contributed by atoms with E-state index >= 15 is 0 Å². The highest BCUT2D eigenvalue weighted by Crippen LogP contribution is 2.38. The van der Waals surface area contributed by atoms with Gasteiger partial charge in [0.15, 0.2) is 0 Å². The lowest BCUT2D eigenvalue weighted by molar-refractivity contribution is -0.138. The SMILES string of the molecule is CCCCSc1nc(-c2ccc(OCCC(C)C)c(C)c2)cc(C(F)(F)F)c1C#N. The molecule has 0 N–H and O–H groups in total. The van der Waals surface area contributed by atoms with Crippen molar-refractivity contribution in [2.24, 2.45) is 5.92 Å². The molecule has 1 aromatic heterocycles. The molecule has 0 bridgehead atoms. The summed E-state index contributed by atoms with van der Waals surface area (Å²) in [6.45, 7) is 8.68. The predicted molar refractivity (Wildman–Crippen MR) is 115 cm³/mol. The summed E-state index contributed by atoms with van der Waals surface area (Å²) in [5.74, 6) is 1.85. The number of nitrogens with zero attached hydrogens (tertiary/aromatic N) is 2. The molecule has 2 aromatic rings. The van der Waals surface area contributed by atoms with Crippen molar-refractivity contribution in [2.45, 2.75) is 58.2 Å². The van der Waals surface area contributed by atoms with Crippen LogP contribution in [-0.4, -0.2) is 17.3 Å². The lowest BCUT2D eigenvalue weighted by Gasteiger charge is -2.15. The minimum Gasteiger partial charge on any atom is -0.493 e. The van der Waals surface area contributed by atoms with Crippen molar-refractivity contribution < 1.29 is 17.9 Å². The van der Waals surface area contributed by atoms with Crippen LogP contribution in [0.5, 0.6) is 5.75 Å². The minimum absolute atomic E-state index is 0.130. The Kier molecular flexibility index (Phi) is 8.60. The van der Waals surface area contributed by atoms with Crippen LogP contribution in [0.3, 0.4) is 0 Å². The second-order valence-corrected chi connectivity index (χ2v) is 8.64. The molecule has 0 aliphatic carbocycles. The van der Waals surface area contributed by atoms with Gasteiger partial charge >= 0.3 is 6.18 Å². The van der Waals surface area contributed by atoms with Gasteiger partial charge in [-0.05, 0) is 61.3 Å². The van der Waals surface area contributed by atoms with Crippen LogP contribution >= 0.6 is 11.8 Å². The van der Waals surface area contributed by atoms with Crippen LogP contribution in [0.2, 0.25) is 0 Å².